The number of aromatic hydroxyl groups is 4. The highest BCUT2D eigenvalue weighted by Gasteiger charge is 2.22. The quantitative estimate of drug-likeness (QED) is 0.0943. The maximum Gasteiger partial charge on any atom is 0.231 e. The molecule has 2 aliphatic rings. The van der Waals surface area contributed by atoms with Crippen LogP contribution in [-0.4, -0.2) is 60.3 Å². The number of nitrogens with one attached hydrogen (secondary N) is 2. The average Bonchev–Trinajstić information content (AvgIpc) is 4.48. The number of hydrogen-bond donors (Lipinski definition) is 6. The minimum atomic E-state index is -0.0523. The monoisotopic (exact) mass is 1140 g/mol. The van der Waals surface area contributed by atoms with Gasteiger partial charge in [0.2, 0.25) is 22.9 Å². The second-order valence-electron chi connectivity index (χ2n) is 22.1. The Labute approximate surface area is 491 Å². The molecule has 16 heteroatoms. The molecule has 0 fully saturated rings. The van der Waals surface area contributed by atoms with E-state index < -0.39 is 0 Å². The van der Waals surface area contributed by atoms with Crippen LogP contribution in [0.5, 0.6) is 23.0 Å². The summed E-state index contributed by atoms with van der Waals surface area (Å²) in [5.74, 6) is -0.162. The third-order valence-corrected chi connectivity index (χ3v) is 17.2. The van der Waals surface area contributed by atoms with Gasteiger partial charge in [0, 0.05) is 65.5 Å². The number of benzene rings is 9. The number of H-pyrrole nitrogens is 2. The Hall–Kier alpha value is -12.6. The summed E-state index contributed by atoms with van der Waals surface area (Å²) >= 11 is 0. The second kappa shape index (κ2) is 17.5. The molecule has 10 heterocycles. The van der Waals surface area contributed by atoms with E-state index in [2.05, 4.69) is 9.97 Å². The van der Waals surface area contributed by atoms with Crippen molar-refractivity contribution in [2.45, 2.75) is 0 Å². The molecule has 0 saturated carbocycles. The maximum atomic E-state index is 12.2. The van der Waals surface area contributed by atoms with E-state index >= 15 is 0 Å². The molecule has 0 spiro atoms. The Morgan fingerprint density at radius 1 is 0.273 bits per heavy atom. The number of aromatic nitrogens is 8. The number of aromatic amines is 2. The van der Waals surface area contributed by atoms with Gasteiger partial charge in [-0.05, 0) is 143 Å². The highest BCUT2D eigenvalue weighted by Crippen LogP contribution is 2.43. The maximum absolute atomic E-state index is 12.2. The normalized spacial score (nSPS) is 12.6. The molecule has 0 unspecified atom stereocenters. The molecule has 17 aromatic rings. The van der Waals surface area contributed by atoms with Crippen molar-refractivity contribution in [2.24, 2.45) is 0 Å². The van der Waals surface area contributed by atoms with Gasteiger partial charge in [-0.25, -0.2) is 29.9 Å². The van der Waals surface area contributed by atoms with Gasteiger partial charge in [0.05, 0.1) is 44.3 Å². The van der Waals surface area contributed by atoms with Crippen molar-refractivity contribution in [3.05, 3.63) is 193 Å². The molecule has 0 saturated heterocycles. The molecule has 0 atom stereocenters. The zero-order valence-corrected chi connectivity index (χ0v) is 45.6. The molecule has 0 aliphatic carbocycles. The van der Waals surface area contributed by atoms with Crippen LogP contribution in [0.2, 0.25) is 0 Å². The summed E-state index contributed by atoms with van der Waals surface area (Å²) in [6.45, 7) is 0. The number of rotatable bonds is 2. The minimum absolute atomic E-state index is 0.0289. The summed E-state index contributed by atoms with van der Waals surface area (Å²) < 4.78 is 25.6. The van der Waals surface area contributed by atoms with Crippen LogP contribution in [0.3, 0.4) is 0 Å². The fourth-order valence-corrected chi connectivity index (χ4v) is 12.9. The third kappa shape index (κ3) is 6.84. The standard InChI is InChI=1S/C72H38N8O8/c81-65-37-5-1-9-41(65)69-77-61-53(85-69)29-17-35-18-30-54-62(59(35)61)78-70(86-54)42-10-2-6-38(66(42)82)46-22-26-50(74-46)57(49-25-21-45(37)73-49)33-13-15-34(16-14-33)58-51-27-23-47(75-51)39-7-3-11-43(67(39)83)71-79-63-55(87-71)31-19-36-20-32-56-64(60(36)63)80-72(88-56)44-12-4-8-40(68(44)84)48-24-28-52(58)76-48/h1-32,73,75,81-84H. The lowest BCUT2D eigenvalue weighted by molar-refractivity contribution is 0.485. The molecule has 16 nitrogen and oxygen atoms in total. The Morgan fingerprint density at radius 2 is 0.568 bits per heavy atom. The summed E-state index contributed by atoms with van der Waals surface area (Å²) in [5, 5.41) is 55.4. The summed E-state index contributed by atoms with van der Waals surface area (Å²) in [7, 11) is 0. The number of para-hydroxylation sites is 4. The van der Waals surface area contributed by atoms with Gasteiger partial charge in [0.1, 0.15) is 45.1 Å². The van der Waals surface area contributed by atoms with E-state index in [0.29, 0.717) is 143 Å². The topological polar surface area (TPSA) is 242 Å². The van der Waals surface area contributed by atoms with E-state index in [1.165, 1.54) is 0 Å². The van der Waals surface area contributed by atoms with Crippen molar-refractivity contribution in [3.63, 3.8) is 0 Å². The lowest BCUT2D eigenvalue weighted by atomic mass is 9.98. The fraction of sp³-hybridized carbons (Fsp3) is 0. The van der Waals surface area contributed by atoms with Gasteiger partial charge in [-0.3, -0.25) is 0 Å². The summed E-state index contributed by atoms with van der Waals surface area (Å²) in [4.78, 5) is 37.7. The van der Waals surface area contributed by atoms with Crippen molar-refractivity contribution in [3.8, 4) is 45.3 Å². The lowest BCUT2D eigenvalue weighted by Gasteiger charge is -2.08. The predicted molar refractivity (Wildman–Crippen MR) is 344 cm³/mol. The number of phenolic OH excluding ortho intramolecular Hbond substituents is 4. The molecule has 19 rings (SSSR count). The van der Waals surface area contributed by atoms with Crippen molar-refractivity contribution in [2.75, 3.05) is 0 Å². The van der Waals surface area contributed by atoms with Gasteiger partial charge in [-0.15, -0.1) is 0 Å². The van der Waals surface area contributed by atoms with Crippen LogP contribution in [0.4, 0.5) is 0 Å². The van der Waals surface area contributed by atoms with Gasteiger partial charge < -0.3 is 48.1 Å². The number of oxazole rings is 4. The molecule has 6 N–H and O–H groups in total. The average molecular weight is 1140 g/mol. The first kappa shape index (κ1) is 47.9. The van der Waals surface area contributed by atoms with Crippen LogP contribution in [0, 0.1) is 0 Å². The predicted octanol–water partition coefficient (Wildman–Crippen LogP) is 17.7. The molecular formula is C72H38N8O8. The molecule has 8 aromatic heterocycles. The van der Waals surface area contributed by atoms with Crippen LogP contribution >= 0.6 is 0 Å². The fourth-order valence-electron chi connectivity index (χ4n) is 12.9. The molecule has 88 heavy (non-hydrogen) atoms. The molecule has 0 radical (unpaired) electrons. The van der Waals surface area contributed by atoms with Crippen LogP contribution < -0.4 is 0 Å². The van der Waals surface area contributed by atoms with E-state index in [9.17, 15) is 20.4 Å². The summed E-state index contributed by atoms with van der Waals surface area (Å²) in [6, 6.07) is 52.7. The first-order chi connectivity index (χ1) is 43.2. The molecule has 2 aliphatic heterocycles. The first-order valence-electron chi connectivity index (χ1n) is 28.3. The highest BCUT2D eigenvalue weighted by atomic mass is 16.4. The number of phenols is 4. The lowest BCUT2D eigenvalue weighted by Crippen LogP contribution is -1.89. The van der Waals surface area contributed by atoms with Crippen LogP contribution in [0.25, 0.3) is 201 Å². The largest absolute Gasteiger partial charge is 0.506 e. The van der Waals surface area contributed by atoms with E-state index in [1.807, 2.05) is 170 Å². The zero-order valence-electron chi connectivity index (χ0n) is 45.6. The SMILES string of the molecule is Oc1c2cccc1c1nc3c(ccc4ccc5oc(nc5c43)c3cccc(c3O)c3ccc([nH]3)c(-c3ccc(-c4c5nc(c6cccc(c6O)c6nc7c(ccc8ccc9oc(nc9c87)c7cccc(c7O)c7ccc4[nH]7)o6)C=C5)cc3)c3nc2C=C3)o1. The van der Waals surface area contributed by atoms with Crippen LogP contribution in [0.1, 0.15) is 22.8 Å². The van der Waals surface area contributed by atoms with E-state index in [1.54, 1.807) is 24.3 Å². The van der Waals surface area contributed by atoms with Crippen molar-refractivity contribution < 1.29 is 38.1 Å². The Kier molecular flexibility index (Phi) is 9.52. The van der Waals surface area contributed by atoms with E-state index in [0.717, 1.165) is 33.0 Å². The highest BCUT2D eigenvalue weighted by molar-refractivity contribution is 6.19. The number of nitrogens with zero attached hydrogens (tertiary/aromatic N) is 6. The number of fused-ring (bicyclic) bond motifs is 28. The zero-order chi connectivity index (χ0) is 58.2. The van der Waals surface area contributed by atoms with E-state index in [-0.39, 0.29) is 45.9 Å². The molecule has 24 bridgehead atoms. The van der Waals surface area contributed by atoms with Gasteiger partial charge in [-0.1, -0.05) is 72.8 Å². The van der Waals surface area contributed by atoms with Crippen molar-refractivity contribution >= 4 is 178 Å². The summed E-state index contributed by atoms with van der Waals surface area (Å²) in [6.07, 6.45) is 7.58. The molecule has 0 amide bonds. The molecule has 414 valence electrons. The van der Waals surface area contributed by atoms with Crippen molar-refractivity contribution in [1.82, 2.24) is 39.9 Å². The second-order valence-corrected chi connectivity index (χ2v) is 22.1. The minimum Gasteiger partial charge on any atom is -0.506 e. The molecular weight excluding hydrogens is 1100 g/mol. The number of hydrogen-bond acceptors (Lipinski definition) is 14. The Morgan fingerprint density at radius 3 is 0.920 bits per heavy atom. The summed E-state index contributed by atoms with van der Waals surface area (Å²) in [5.41, 5.74) is 12.9. The Bertz CT molecular complexity index is 5990. The van der Waals surface area contributed by atoms with Gasteiger partial charge in [-0.2, -0.15) is 0 Å². The van der Waals surface area contributed by atoms with Gasteiger partial charge in [0.15, 0.2) is 22.3 Å². The third-order valence-electron chi connectivity index (χ3n) is 17.2. The molecule has 9 aromatic carbocycles. The first-order valence-corrected chi connectivity index (χ1v) is 28.3. The van der Waals surface area contributed by atoms with Gasteiger partial charge >= 0.3 is 0 Å². The van der Waals surface area contributed by atoms with E-state index in [4.69, 9.17) is 47.6 Å². The van der Waals surface area contributed by atoms with Crippen LogP contribution in [-0.2, 0) is 0 Å². The Balaban J connectivity index is 0.854. The van der Waals surface area contributed by atoms with Gasteiger partial charge in [0.25, 0.3) is 0 Å². The smallest absolute Gasteiger partial charge is 0.231 e. The van der Waals surface area contributed by atoms with Crippen molar-refractivity contribution in [1.29, 1.82) is 0 Å². The van der Waals surface area contributed by atoms with Crippen LogP contribution in [0.15, 0.2) is 188 Å².